The number of hydrogen-bond donors (Lipinski definition) is 0. The Kier molecular flexibility index (Phi) is 7.45. The van der Waals surface area contributed by atoms with Gasteiger partial charge in [-0.1, -0.05) is 48.6 Å². The van der Waals surface area contributed by atoms with Crippen LogP contribution in [0.4, 0.5) is 5.69 Å². The van der Waals surface area contributed by atoms with E-state index in [1.807, 2.05) is 18.3 Å². The molecule has 0 aliphatic carbocycles. The monoisotopic (exact) mass is 767 g/mol. The topological polar surface area (TPSA) is 28.6 Å². The molecule has 0 spiro atoms. The molecule has 0 unspecified atom stereocenters. The van der Waals surface area contributed by atoms with Crippen LogP contribution in [0, 0.1) is 18.8 Å². The van der Waals surface area contributed by atoms with E-state index in [0.29, 0.717) is 10.8 Å². The van der Waals surface area contributed by atoms with Crippen LogP contribution in [0.3, 0.4) is 0 Å². The number of pyridine rings is 1. The van der Waals surface area contributed by atoms with E-state index < -0.39 is 0 Å². The van der Waals surface area contributed by atoms with Gasteiger partial charge in [-0.25, -0.2) is 0 Å². The van der Waals surface area contributed by atoms with Crippen LogP contribution in [0.2, 0.25) is 0 Å². The Balaban J connectivity index is 0.00000316. The molecular formula is C35H30N3OPtS2-3. The van der Waals surface area contributed by atoms with Crippen molar-refractivity contribution in [3.8, 4) is 22.1 Å². The Bertz CT molecular complexity index is 2000. The summed E-state index contributed by atoms with van der Waals surface area (Å²) in [4.78, 5) is 9.14. The normalized spacial score (nSPS) is 14.0. The Morgan fingerprint density at radius 1 is 0.929 bits per heavy atom. The van der Waals surface area contributed by atoms with Crippen molar-refractivity contribution < 1.29 is 25.8 Å². The fourth-order valence-electron chi connectivity index (χ4n) is 5.37. The third-order valence-corrected chi connectivity index (χ3v) is 9.70. The van der Waals surface area contributed by atoms with Gasteiger partial charge in [0, 0.05) is 49.1 Å². The zero-order valence-electron chi connectivity index (χ0n) is 24.3. The molecule has 42 heavy (non-hydrogen) atoms. The van der Waals surface area contributed by atoms with Gasteiger partial charge in [0.15, 0.2) is 0 Å². The molecule has 0 saturated carbocycles. The number of thiophene rings is 2. The second kappa shape index (κ2) is 10.8. The molecular weight excluding hydrogens is 738 g/mol. The first-order chi connectivity index (χ1) is 19.7. The molecule has 0 N–H and O–H groups in total. The molecule has 7 rings (SSSR count). The van der Waals surface area contributed by atoms with Crippen LogP contribution >= 0.6 is 22.7 Å². The maximum Gasteiger partial charge on any atom is 0.107 e. The molecule has 4 nitrogen and oxygen atoms in total. The van der Waals surface area contributed by atoms with Gasteiger partial charge in [0.1, 0.15) is 5.06 Å². The molecule has 1 aliphatic rings. The molecule has 0 amide bonds. The Labute approximate surface area is 269 Å². The predicted octanol–water partition coefficient (Wildman–Crippen LogP) is 10.1. The first-order valence-electron chi connectivity index (χ1n) is 13.7. The number of rotatable bonds is 4. The fraction of sp³-hybridized carbons (Fsp3) is 0.200. The quantitative estimate of drug-likeness (QED) is 0.167. The number of nitrogens with zero attached hydrogens (tertiary/aromatic N) is 3. The molecule has 3 aromatic carbocycles. The van der Waals surface area contributed by atoms with Gasteiger partial charge in [-0.05, 0) is 78.0 Å². The molecule has 0 fully saturated rings. The van der Waals surface area contributed by atoms with Crippen LogP contribution in [0.1, 0.15) is 40.2 Å². The first-order valence-corrected chi connectivity index (χ1v) is 15.4. The van der Waals surface area contributed by atoms with Crippen molar-refractivity contribution in [3.63, 3.8) is 0 Å². The molecule has 6 aromatic rings. The minimum Gasteiger partial charge on any atom is -0.508 e. The van der Waals surface area contributed by atoms with Crippen molar-refractivity contribution >= 4 is 59.3 Å². The van der Waals surface area contributed by atoms with Crippen LogP contribution in [0.25, 0.3) is 42.2 Å². The summed E-state index contributed by atoms with van der Waals surface area (Å²) < 4.78 is 8.84. The van der Waals surface area contributed by atoms with Gasteiger partial charge in [0.25, 0.3) is 0 Å². The number of benzene rings is 3. The van der Waals surface area contributed by atoms with E-state index in [2.05, 4.69) is 118 Å². The van der Waals surface area contributed by atoms with Gasteiger partial charge < -0.3 is 14.5 Å². The smallest absolute Gasteiger partial charge is 0.107 e. The van der Waals surface area contributed by atoms with Gasteiger partial charge in [-0.3, -0.25) is 4.98 Å². The number of aromatic nitrogens is 1. The maximum absolute atomic E-state index is 6.43. The van der Waals surface area contributed by atoms with E-state index in [1.165, 1.54) is 37.8 Å². The van der Waals surface area contributed by atoms with Crippen LogP contribution < -0.4 is 9.64 Å². The molecule has 0 bridgehead atoms. The van der Waals surface area contributed by atoms with Gasteiger partial charge in [0.05, 0.1) is 0 Å². The van der Waals surface area contributed by atoms with Gasteiger partial charge in [0.2, 0.25) is 0 Å². The molecule has 0 saturated heterocycles. The summed E-state index contributed by atoms with van der Waals surface area (Å²) in [6, 6.07) is 26.5. The zero-order valence-corrected chi connectivity index (χ0v) is 28.2. The number of fused-ring (bicyclic) bond motifs is 3. The van der Waals surface area contributed by atoms with E-state index in [9.17, 15) is 0 Å². The van der Waals surface area contributed by atoms with E-state index in [1.54, 1.807) is 22.7 Å². The Morgan fingerprint density at radius 3 is 2.50 bits per heavy atom. The minimum absolute atomic E-state index is 0. The Hall–Kier alpha value is -3.18. The van der Waals surface area contributed by atoms with Crippen LogP contribution in [-0.2, 0) is 26.5 Å². The van der Waals surface area contributed by atoms with Crippen molar-refractivity contribution in [1.82, 2.24) is 9.88 Å². The largest absolute Gasteiger partial charge is 0.508 e. The number of ether oxygens (including phenoxy) is 1. The molecule has 7 heteroatoms. The molecule has 0 radical (unpaired) electrons. The van der Waals surface area contributed by atoms with Gasteiger partial charge in [-0.2, -0.15) is 29.5 Å². The van der Waals surface area contributed by atoms with Crippen molar-refractivity contribution in [2.24, 2.45) is 0 Å². The molecule has 4 heterocycles. The summed E-state index contributed by atoms with van der Waals surface area (Å²) in [5.74, 6) is 0.665. The molecule has 216 valence electrons. The van der Waals surface area contributed by atoms with Crippen molar-refractivity contribution in [1.29, 1.82) is 0 Å². The average Bonchev–Trinajstić information content (AvgIpc) is 3.64. The summed E-state index contributed by atoms with van der Waals surface area (Å²) in [6.45, 7) is 13.0. The number of hydrogen-bond acceptors (Lipinski definition) is 6. The standard InChI is InChI=1S/C35H30N3OS2.Pt/c1-21-22(2)38(20-37(21)6)26-8-7-9-27(18-26)39-33-19-29-32(41-33)16-24-15-31-23(11-13-40-31)14-28(24)34(29)30-17-25(10-12-36-30)35(3,4)5;/h7-17,20H,1-6H3;/q-3;. The van der Waals surface area contributed by atoms with E-state index in [4.69, 9.17) is 9.72 Å². The zero-order chi connectivity index (χ0) is 28.5. The van der Waals surface area contributed by atoms with Gasteiger partial charge >= 0.3 is 0 Å². The summed E-state index contributed by atoms with van der Waals surface area (Å²) in [6.07, 6.45) is 1.93. The third kappa shape index (κ3) is 5.04. The summed E-state index contributed by atoms with van der Waals surface area (Å²) >= 11 is 3.38. The third-order valence-electron chi connectivity index (χ3n) is 7.91. The molecule has 3 aromatic heterocycles. The molecule has 1 aliphatic heterocycles. The van der Waals surface area contributed by atoms with Crippen LogP contribution in [-0.4, -0.2) is 16.9 Å². The van der Waals surface area contributed by atoms with Crippen LogP contribution in [0.15, 0.2) is 77.6 Å². The summed E-state index contributed by atoms with van der Waals surface area (Å²) in [5.41, 5.74) is 6.67. The number of anilines is 1. The van der Waals surface area contributed by atoms with E-state index in [-0.39, 0.29) is 26.5 Å². The Morgan fingerprint density at radius 2 is 1.74 bits per heavy atom. The van der Waals surface area contributed by atoms with Crippen LogP contribution in [0.5, 0.6) is 10.8 Å². The van der Waals surface area contributed by atoms with Crippen molar-refractivity contribution in [2.45, 2.75) is 40.0 Å². The van der Waals surface area contributed by atoms with E-state index in [0.717, 1.165) is 27.0 Å². The second-order valence-electron chi connectivity index (χ2n) is 11.6. The fourth-order valence-corrected chi connectivity index (χ4v) is 7.11. The number of allylic oxidation sites excluding steroid dienone is 2. The summed E-state index contributed by atoms with van der Waals surface area (Å²) in [5, 5.41) is 7.53. The molecule has 0 atom stereocenters. The SMILES string of the molecule is CC1=C(C)N(c2[c-]c(Oc3[c-]c4c(-c5cc(C(C)(C)C)ccn5)c5cc6ccsc6cc5cc4s3)ccc2)[CH-]N1C.[Pt]. The minimum atomic E-state index is 0. The maximum atomic E-state index is 6.43. The predicted molar refractivity (Wildman–Crippen MR) is 174 cm³/mol. The first kappa shape index (κ1) is 28.9. The van der Waals surface area contributed by atoms with E-state index >= 15 is 0 Å². The van der Waals surface area contributed by atoms with Gasteiger partial charge in [-0.15, -0.1) is 41.3 Å². The summed E-state index contributed by atoms with van der Waals surface area (Å²) in [7, 11) is 2.06. The van der Waals surface area contributed by atoms with Crippen molar-refractivity contribution in [3.05, 3.63) is 102 Å². The second-order valence-corrected chi connectivity index (χ2v) is 13.6. The van der Waals surface area contributed by atoms with Crippen molar-refractivity contribution in [2.75, 3.05) is 11.9 Å². The average molecular weight is 768 g/mol.